The Labute approximate surface area is 85.0 Å². The second-order valence-corrected chi connectivity index (χ2v) is 4.62. The zero-order valence-electron chi connectivity index (χ0n) is 8.60. The summed E-state index contributed by atoms with van der Waals surface area (Å²) in [5, 5.41) is 0.981. The van der Waals surface area contributed by atoms with E-state index in [1.54, 1.807) is 11.3 Å². The number of nitrogens with two attached hydrogens (primary N) is 1. The number of anilines is 1. The molecule has 2 N–H and O–H groups in total. The van der Waals surface area contributed by atoms with Gasteiger partial charge >= 0.3 is 0 Å². The largest absolute Gasteiger partial charge is 0.391 e. The Morgan fingerprint density at radius 2 is 2.00 bits per heavy atom. The van der Waals surface area contributed by atoms with E-state index in [-0.39, 0.29) is 0 Å². The van der Waals surface area contributed by atoms with Crippen molar-refractivity contribution in [2.75, 3.05) is 5.73 Å². The molecular formula is C11H19NS. The van der Waals surface area contributed by atoms with Gasteiger partial charge in [-0.15, -0.1) is 11.3 Å². The Bertz CT molecular complexity index is 253. The van der Waals surface area contributed by atoms with Crippen molar-refractivity contribution < 1.29 is 0 Å². The molecule has 0 spiro atoms. The third-order valence-corrected chi connectivity index (χ3v) is 3.26. The Morgan fingerprint density at radius 1 is 1.23 bits per heavy atom. The van der Waals surface area contributed by atoms with Gasteiger partial charge in [-0.1, -0.05) is 26.7 Å². The first-order chi connectivity index (χ1) is 6.27. The van der Waals surface area contributed by atoms with E-state index < -0.39 is 0 Å². The van der Waals surface area contributed by atoms with Crippen LogP contribution in [-0.2, 0) is 12.8 Å². The van der Waals surface area contributed by atoms with Crippen LogP contribution in [0.4, 0.5) is 5.00 Å². The Hall–Kier alpha value is -0.500. The summed E-state index contributed by atoms with van der Waals surface area (Å²) in [6.07, 6.45) is 6.17. The van der Waals surface area contributed by atoms with Crippen molar-refractivity contribution in [3.63, 3.8) is 0 Å². The number of aryl methyl sites for hydroxylation is 2. The van der Waals surface area contributed by atoms with E-state index in [0.29, 0.717) is 0 Å². The van der Waals surface area contributed by atoms with Crippen LogP contribution in [0.25, 0.3) is 0 Å². The van der Waals surface area contributed by atoms with E-state index in [1.165, 1.54) is 42.5 Å². The fourth-order valence-corrected chi connectivity index (χ4v) is 2.59. The predicted octanol–water partition coefficient (Wildman–Crippen LogP) is 3.63. The van der Waals surface area contributed by atoms with Crippen LogP contribution < -0.4 is 5.73 Å². The van der Waals surface area contributed by atoms with E-state index >= 15 is 0 Å². The quantitative estimate of drug-likeness (QED) is 0.766. The third kappa shape index (κ3) is 3.03. The summed E-state index contributed by atoms with van der Waals surface area (Å²) in [6, 6.07) is 2.16. The van der Waals surface area contributed by atoms with Gasteiger partial charge in [0.2, 0.25) is 0 Å². The molecular weight excluding hydrogens is 178 g/mol. The normalized spacial score (nSPS) is 10.6. The van der Waals surface area contributed by atoms with Crippen LogP contribution in [0.3, 0.4) is 0 Å². The first-order valence-corrected chi connectivity index (χ1v) is 5.96. The lowest BCUT2D eigenvalue weighted by Crippen LogP contribution is -1.87. The monoisotopic (exact) mass is 197 g/mol. The van der Waals surface area contributed by atoms with Crippen molar-refractivity contribution >= 4 is 16.3 Å². The van der Waals surface area contributed by atoms with E-state index in [9.17, 15) is 0 Å². The average Bonchev–Trinajstić information content (AvgIpc) is 2.44. The number of nitrogen functional groups attached to an aromatic ring is 1. The van der Waals surface area contributed by atoms with Gasteiger partial charge in [0.1, 0.15) is 0 Å². The van der Waals surface area contributed by atoms with Crippen LogP contribution in [0, 0.1) is 0 Å². The number of hydrogen-bond acceptors (Lipinski definition) is 2. The number of unbranched alkanes of at least 4 members (excludes halogenated alkanes) is 1. The SMILES string of the molecule is CCCCc1cc(N)sc1CCC. The molecule has 1 aromatic rings. The lowest BCUT2D eigenvalue weighted by molar-refractivity contribution is 0.786. The van der Waals surface area contributed by atoms with Crippen molar-refractivity contribution in [3.05, 3.63) is 16.5 Å². The molecule has 1 aromatic heterocycles. The lowest BCUT2D eigenvalue weighted by atomic mass is 10.1. The number of hydrogen-bond donors (Lipinski definition) is 1. The molecule has 0 unspecified atom stereocenters. The highest BCUT2D eigenvalue weighted by atomic mass is 32.1. The highest BCUT2D eigenvalue weighted by Gasteiger charge is 2.05. The maximum atomic E-state index is 5.80. The van der Waals surface area contributed by atoms with Gasteiger partial charge in [0.25, 0.3) is 0 Å². The highest BCUT2D eigenvalue weighted by Crippen LogP contribution is 2.27. The average molecular weight is 197 g/mol. The van der Waals surface area contributed by atoms with Gasteiger partial charge < -0.3 is 5.73 Å². The van der Waals surface area contributed by atoms with E-state index in [0.717, 1.165) is 5.00 Å². The van der Waals surface area contributed by atoms with Gasteiger partial charge in [-0.3, -0.25) is 0 Å². The molecule has 0 aliphatic carbocycles. The maximum absolute atomic E-state index is 5.80. The minimum atomic E-state index is 0.981. The molecule has 0 bridgehead atoms. The van der Waals surface area contributed by atoms with Gasteiger partial charge in [0.15, 0.2) is 0 Å². The van der Waals surface area contributed by atoms with E-state index in [1.807, 2.05) is 0 Å². The molecule has 74 valence electrons. The van der Waals surface area contributed by atoms with Crippen LogP contribution >= 0.6 is 11.3 Å². The fourth-order valence-electron chi connectivity index (χ4n) is 1.51. The minimum absolute atomic E-state index is 0.981. The Balaban J connectivity index is 2.66. The van der Waals surface area contributed by atoms with Gasteiger partial charge in [-0.2, -0.15) is 0 Å². The van der Waals surface area contributed by atoms with Gasteiger partial charge in [0.05, 0.1) is 5.00 Å². The van der Waals surface area contributed by atoms with Crippen molar-refractivity contribution in [2.24, 2.45) is 0 Å². The molecule has 1 heterocycles. The van der Waals surface area contributed by atoms with Crippen LogP contribution in [0.15, 0.2) is 6.07 Å². The van der Waals surface area contributed by atoms with Crippen molar-refractivity contribution in [1.29, 1.82) is 0 Å². The second-order valence-electron chi connectivity index (χ2n) is 3.45. The molecule has 1 rings (SSSR count). The molecule has 13 heavy (non-hydrogen) atoms. The summed E-state index contributed by atoms with van der Waals surface area (Å²) in [6.45, 7) is 4.45. The molecule has 0 aromatic carbocycles. The highest BCUT2D eigenvalue weighted by molar-refractivity contribution is 7.16. The number of thiophene rings is 1. The molecule has 0 saturated carbocycles. The second kappa shape index (κ2) is 5.28. The molecule has 0 aliphatic rings. The minimum Gasteiger partial charge on any atom is -0.391 e. The molecule has 0 radical (unpaired) electrons. The van der Waals surface area contributed by atoms with E-state index in [4.69, 9.17) is 5.73 Å². The Morgan fingerprint density at radius 3 is 2.62 bits per heavy atom. The maximum Gasteiger partial charge on any atom is 0.0862 e. The molecule has 2 heteroatoms. The van der Waals surface area contributed by atoms with E-state index in [2.05, 4.69) is 19.9 Å². The molecule has 0 amide bonds. The van der Waals surface area contributed by atoms with Crippen LogP contribution in [0.2, 0.25) is 0 Å². The predicted molar refractivity (Wildman–Crippen MR) is 61.3 cm³/mol. The molecule has 0 aliphatic heterocycles. The van der Waals surface area contributed by atoms with Gasteiger partial charge in [-0.05, 0) is 30.9 Å². The van der Waals surface area contributed by atoms with Crippen LogP contribution in [0.5, 0.6) is 0 Å². The smallest absolute Gasteiger partial charge is 0.0862 e. The lowest BCUT2D eigenvalue weighted by Gasteiger charge is -2.00. The van der Waals surface area contributed by atoms with Crippen molar-refractivity contribution in [1.82, 2.24) is 0 Å². The molecule has 0 atom stereocenters. The first kappa shape index (κ1) is 10.6. The third-order valence-electron chi connectivity index (χ3n) is 2.19. The number of rotatable bonds is 5. The summed E-state index contributed by atoms with van der Waals surface area (Å²) in [5.41, 5.74) is 7.29. The standard InChI is InChI=1S/C11H19NS/c1-3-5-7-9-8-11(12)13-10(9)6-4-2/h8H,3-7,12H2,1-2H3. The fraction of sp³-hybridized carbons (Fsp3) is 0.636. The summed E-state index contributed by atoms with van der Waals surface area (Å²) in [5.74, 6) is 0. The summed E-state index contributed by atoms with van der Waals surface area (Å²) >= 11 is 1.77. The van der Waals surface area contributed by atoms with Crippen molar-refractivity contribution in [3.8, 4) is 0 Å². The molecule has 0 saturated heterocycles. The summed E-state index contributed by atoms with van der Waals surface area (Å²) in [7, 11) is 0. The zero-order chi connectivity index (χ0) is 9.68. The molecule has 0 fully saturated rings. The summed E-state index contributed by atoms with van der Waals surface area (Å²) < 4.78 is 0. The summed E-state index contributed by atoms with van der Waals surface area (Å²) in [4.78, 5) is 1.51. The van der Waals surface area contributed by atoms with Crippen molar-refractivity contribution in [2.45, 2.75) is 46.0 Å². The first-order valence-electron chi connectivity index (χ1n) is 5.15. The van der Waals surface area contributed by atoms with Gasteiger partial charge in [0, 0.05) is 4.88 Å². The van der Waals surface area contributed by atoms with Crippen LogP contribution in [0.1, 0.15) is 43.6 Å². The van der Waals surface area contributed by atoms with Crippen LogP contribution in [-0.4, -0.2) is 0 Å². The zero-order valence-corrected chi connectivity index (χ0v) is 9.41. The molecule has 1 nitrogen and oxygen atoms in total. The van der Waals surface area contributed by atoms with Gasteiger partial charge in [-0.25, -0.2) is 0 Å². The Kier molecular flexibility index (Phi) is 4.29. The topological polar surface area (TPSA) is 26.0 Å².